The molecule has 3 amide bonds. The van der Waals surface area contributed by atoms with Gasteiger partial charge in [0.1, 0.15) is 11.6 Å². The molecule has 0 bridgehead atoms. The maximum Gasteiger partial charge on any atom is 0.253 e. The number of carbonyl (C=O) groups is 3. The Labute approximate surface area is 241 Å². The number of amides is 3. The van der Waals surface area contributed by atoms with Crippen molar-refractivity contribution in [3.05, 3.63) is 53.6 Å². The molecule has 5 rings (SSSR count). The third-order valence-electron chi connectivity index (χ3n) is 8.94. The Morgan fingerprint density at radius 3 is 2.33 bits per heavy atom. The molecule has 40 heavy (non-hydrogen) atoms. The SMILES string of the molecule is CCCN1CC=C[C@@]2(CC)O[C@]34C=CCN(c5ccc(Cl)cc5)C(=O)C3N([C@@H](CO)CC(C)C)C(=O)[C@@H]4[C@H]2C1=O. The number of fused-ring (bicyclic) bond motifs is 2. The lowest BCUT2D eigenvalue weighted by molar-refractivity contribution is -0.153. The van der Waals surface area contributed by atoms with Gasteiger partial charge in [0.25, 0.3) is 5.91 Å². The maximum absolute atomic E-state index is 14.6. The van der Waals surface area contributed by atoms with Gasteiger partial charge < -0.3 is 24.5 Å². The quantitative estimate of drug-likeness (QED) is 0.481. The second-order valence-corrected chi connectivity index (χ2v) is 12.3. The van der Waals surface area contributed by atoms with Gasteiger partial charge in [-0.05, 0) is 49.4 Å². The Morgan fingerprint density at radius 1 is 1.00 bits per heavy atom. The van der Waals surface area contributed by atoms with Crippen LogP contribution in [0.25, 0.3) is 0 Å². The number of nitrogens with zero attached hydrogens (tertiary/aromatic N) is 3. The van der Waals surface area contributed by atoms with Gasteiger partial charge in [-0.3, -0.25) is 14.4 Å². The molecule has 0 aliphatic carbocycles. The number of rotatable bonds is 8. The lowest BCUT2D eigenvalue weighted by atomic mass is 9.73. The topological polar surface area (TPSA) is 90.4 Å². The number of benzene rings is 1. The molecular formula is C31H40ClN3O5. The van der Waals surface area contributed by atoms with Crippen molar-refractivity contribution in [1.82, 2.24) is 9.80 Å². The summed E-state index contributed by atoms with van der Waals surface area (Å²) < 4.78 is 7.01. The van der Waals surface area contributed by atoms with Gasteiger partial charge in [-0.25, -0.2) is 0 Å². The van der Waals surface area contributed by atoms with Crippen molar-refractivity contribution in [3.8, 4) is 0 Å². The van der Waals surface area contributed by atoms with Crippen LogP contribution in [-0.2, 0) is 19.1 Å². The number of hydrogen-bond acceptors (Lipinski definition) is 5. The van der Waals surface area contributed by atoms with Crippen molar-refractivity contribution in [3.63, 3.8) is 0 Å². The highest BCUT2D eigenvalue weighted by Crippen LogP contribution is 2.59. The van der Waals surface area contributed by atoms with Gasteiger partial charge >= 0.3 is 0 Å². The van der Waals surface area contributed by atoms with E-state index < -0.39 is 35.1 Å². The van der Waals surface area contributed by atoms with Crippen LogP contribution in [0.15, 0.2) is 48.6 Å². The second-order valence-electron chi connectivity index (χ2n) is 11.8. The van der Waals surface area contributed by atoms with E-state index in [1.165, 1.54) is 0 Å². The average Bonchev–Trinajstić information content (AvgIpc) is 3.23. The predicted molar refractivity (Wildman–Crippen MR) is 154 cm³/mol. The normalized spacial score (nSPS) is 32.3. The van der Waals surface area contributed by atoms with Crippen molar-refractivity contribution in [2.24, 2.45) is 17.8 Å². The third kappa shape index (κ3) is 4.39. The van der Waals surface area contributed by atoms with Crippen molar-refractivity contribution in [2.75, 3.05) is 31.1 Å². The maximum atomic E-state index is 14.6. The molecule has 0 aromatic heterocycles. The molecule has 4 aliphatic rings. The monoisotopic (exact) mass is 569 g/mol. The lowest BCUT2D eigenvalue weighted by Gasteiger charge is -2.41. The molecule has 1 N–H and O–H groups in total. The zero-order valence-electron chi connectivity index (χ0n) is 23.8. The van der Waals surface area contributed by atoms with Crippen LogP contribution < -0.4 is 4.90 Å². The number of hydrogen-bond donors (Lipinski definition) is 1. The molecule has 0 radical (unpaired) electrons. The van der Waals surface area contributed by atoms with E-state index in [0.717, 1.165) is 6.42 Å². The summed E-state index contributed by atoms with van der Waals surface area (Å²) in [5.74, 6) is -2.22. The van der Waals surface area contributed by atoms with Crippen molar-refractivity contribution < 1.29 is 24.2 Å². The summed E-state index contributed by atoms with van der Waals surface area (Å²) in [7, 11) is 0. The van der Waals surface area contributed by atoms with Crippen molar-refractivity contribution in [2.45, 2.75) is 70.2 Å². The van der Waals surface area contributed by atoms with Crippen molar-refractivity contribution in [1.29, 1.82) is 0 Å². The number of aliphatic hydroxyl groups is 1. The molecule has 1 aromatic rings. The van der Waals surface area contributed by atoms with E-state index >= 15 is 0 Å². The van der Waals surface area contributed by atoms with Gasteiger partial charge in [0.05, 0.1) is 30.1 Å². The summed E-state index contributed by atoms with van der Waals surface area (Å²) in [5, 5.41) is 11.1. The van der Waals surface area contributed by atoms with Crippen LogP contribution in [-0.4, -0.2) is 82.2 Å². The molecule has 4 heterocycles. The van der Waals surface area contributed by atoms with Crippen LogP contribution in [0.5, 0.6) is 0 Å². The molecule has 1 spiro atoms. The summed E-state index contributed by atoms with van der Waals surface area (Å²) >= 11 is 6.13. The summed E-state index contributed by atoms with van der Waals surface area (Å²) in [4.78, 5) is 48.4. The van der Waals surface area contributed by atoms with Crippen LogP contribution in [0, 0.1) is 17.8 Å². The second kappa shape index (κ2) is 11.0. The molecule has 2 fully saturated rings. The van der Waals surface area contributed by atoms with Gasteiger partial charge in [-0.1, -0.05) is 63.6 Å². The number of anilines is 1. The minimum atomic E-state index is -1.35. The smallest absolute Gasteiger partial charge is 0.253 e. The highest BCUT2D eigenvalue weighted by molar-refractivity contribution is 6.30. The fourth-order valence-electron chi connectivity index (χ4n) is 7.29. The summed E-state index contributed by atoms with van der Waals surface area (Å²) in [6.07, 6.45) is 9.43. The first-order chi connectivity index (χ1) is 19.1. The summed E-state index contributed by atoms with van der Waals surface area (Å²) in [6, 6.07) is 5.39. The summed E-state index contributed by atoms with van der Waals surface area (Å²) in [5.41, 5.74) is -1.72. The lowest BCUT2D eigenvalue weighted by Crippen LogP contribution is -2.59. The fourth-order valence-corrected chi connectivity index (χ4v) is 7.41. The Morgan fingerprint density at radius 2 is 1.70 bits per heavy atom. The van der Waals surface area contributed by atoms with E-state index in [4.69, 9.17) is 16.3 Å². The van der Waals surface area contributed by atoms with E-state index in [-0.39, 0.29) is 36.8 Å². The van der Waals surface area contributed by atoms with Crippen LogP contribution >= 0.6 is 11.6 Å². The molecule has 1 aromatic carbocycles. The van der Waals surface area contributed by atoms with Gasteiger partial charge in [-0.2, -0.15) is 0 Å². The molecule has 9 heteroatoms. The molecule has 6 atom stereocenters. The van der Waals surface area contributed by atoms with E-state index in [9.17, 15) is 19.5 Å². The van der Waals surface area contributed by atoms with Gasteiger partial charge in [0, 0.05) is 30.3 Å². The first kappa shape index (κ1) is 28.8. The number of ether oxygens (including phenoxy) is 1. The Kier molecular flexibility index (Phi) is 7.89. The van der Waals surface area contributed by atoms with Crippen LogP contribution in [0.2, 0.25) is 5.02 Å². The zero-order valence-corrected chi connectivity index (χ0v) is 24.5. The standard InChI is InChI=1S/C31H40ClN3O5/c1-5-15-33-16-7-13-30(6-2)24(27(33)37)25-28(38)35(23(19-36)18-20(3)4)26-29(39)34(17-8-14-31(25,26)40-30)22-11-9-21(32)10-12-22/h7-14,20,23-26,36H,5-6,15-19H2,1-4H3/t23-,24+,25+,26?,30-,31+/m1/s1. The highest BCUT2D eigenvalue weighted by atomic mass is 35.5. The first-order valence-electron chi connectivity index (χ1n) is 14.5. The van der Waals surface area contributed by atoms with E-state index in [0.29, 0.717) is 36.6 Å². The minimum Gasteiger partial charge on any atom is -0.394 e. The molecule has 8 nitrogen and oxygen atoms in total. The van der Waals surface area contributed by atoms with Crippen molar-refractivity contribution >= 4 is 35.0 Å². The van der Waals surface area contributed by atoms with Gasteiger partial charge in [0.2, 0.25) is 11.8 Å². The number of likely N-dealkylation sites (tertiary alicyclic amines) is 1. The number of aliphatic hydroxyl groups excluding tert-OH is 1. The average molecular weight is 570 g/mol. The molecule has 0 saturated carbocycles. The van der Waals surface area contributed by atoms with Crippen LogP contribution in [0.4, 0.5) is 5.69 Å². The molecule has 216 valence electrons. The van der Waals surface area contributed by atoms with Gasteiger partial charge in [-0.15, -0.1) is 0 Å². The fraction of sp³-hybridized carbons (Fsp3) is 0.581. The Balaban J connectivity index is 1.69. The molecular weight excluding hydrogens is 530 g/mol. The largest absolute Gasteiger partial charge is 0.394 e. The van der Waals surface area contributed by atoms with E-state index in [2.05, 4.69) is 0 Å². The highest BCUT2D eigenvalue weighted by Gasteiger charge is 2.75. The molecule has 1 unspecified atom stereocenters. The number of carbonyl (C=O) groups excluding carboxylic acids is 3. The third-order valence-corrected chi connectivity index (χ3v) is 9.19. The Hall–Kier alpha value is -2.68. The predicted octanol–water partition coefficient (Wildman–Crippen LogP) is 3.82. The number of halogens is 1. The first-order valence-corrected chi connectivity index (χ1v) is 14.9. The molecule has 2 saturated heterocycles. The summed E-state index contributed by atoms with van der Waals surface area (Å²) in [6.45, 7) is 9.06. The zero-order chi connectivity index (χ0) is 28.8. The van der Waals surface area contributed by atoms with Gasteiger partial charge in [0.15, 0.2) is 0 Å². The van der Waals surface area contributed by atoms with Crippen LogP contribution in [0.3, 0.4) is 0 Å². The van der Waals surface area contributed by atoms with Crippen LogP contribution in [0.1, 0.15) is 47.0 Å². The Bertz CT molecular complexity index is 1220. The molecule has 4 aliphatic heterocycles. The van der Waals surface area contributed by atoms with E-state index in [1.807, 2.05) is 52.0 Å². The minimum absolute atomic E-state index is 0.117. The van der Waals surface area contributed by atoms with E-state index in [1.54, 1.807) is 39.0 Å².